The second-order valence-corrected chi connectivity index (χ2v) is 6.89. The van der Waals surface area contributed by atoms with E-state index in [1.807, 2.05) is 55.4 Å². The summed E-state index contributed by atoms with van der Waals surface area (Å²) < 4.78 is 0. The molecule has 0 saturated carbocycles. The number of hydrogen-bond acceptors (Lipinski definition) is 3. The molecule has 1 N–H and O–H groups in total. The van der Waals surface area contributed by atoms with Crippen LogP contribution in [0.2, 0.25) is 5.02 Å². The van der Waals surface area contributed by atoms with Crippen LogP contribution < -0.4 is 5.32 Å². The van der Waals surface area contributed by atoms with Crippen LogP contribution in [0.5, 0.6) is 0 Å². The fourth-order valence-electron chi connectivity index (χ4n) is 3.12. The largest absolute Gasteiger partial charge is 0.322 e. The molecule has 0 spiro atoms. The number of piperazine rings is 1. The van der Waals surface area contributed by atoms with Crippen LogP contribution in [0.1, 0.15) is 16.7 Å². The molecular formula is C19H23ClN4O. The topological polar surface area (TPSA) is 48.5 Å². The van der Waals surface area contributed by atoms with Crippen molar-refractivity contribution in [2.45, 2.75) is 20.4 Å². The Bertz CT molecular complexity index is 719. The minimum atomic E-state index is -0.0857. The Hall–Kier alpha value is -2.11. The van der Waals surface area contributed by atoms with Gasteiger partial charge in [0.25, 0.3) is 0 Å². The fourth-order valence-corrected chi connectivity index (χ4v) is 3.48. The highest BCUT2D eigenvalue weighted by Crippen LogP contribution is 2.27. The van der Waals surface area contributed by atoms with Gasteiger partial charge in [-0.1, -0.05) is 17.7 Å². The molecule has 2 aromatic rings. The lowest BCUT2D eigenvalue weighted by Gasteiger charge is -2.34. The van der Waals surface area contributed by atoms with E-state index in [1.165, 1.54) is 5.56 Å². The molecule has 2 heterocycles. The monoisotopic (exact) mass is 358 g/mol. The molecule has 25 heavy (non-hydrogen) atoms. The lowest BCUT2D eigenvalue weighted by Crippen LogP contribution is -2.49. The normalized spacial score (nSPS) is 15.2. The number of nitrogens with zero attached hydrogens (tertiary/aromatic N) is 3. The third-order valence-electron chi connectivity index (χ3n) is 4.48. The standard InChI is InChI=1S/C19H23ClN4O/c1-14-11-15(2)18(17(20)12-14)22-19(25)24-9-7-23(8-10-24)13-16-3-5-21-6-4-16/h3-6,11-12H,7-10,13H2,1-2H3,(H,22,25). The van der Waals surface area contributed by atoms with Gasteiger partial charge in [-0.05, 0) is 48.7 Å². The summed E-state index contributed by atoms with van der Waals surface area (Å²) in [7, 11) is 0. The maximum absolute atomic E-state index is 12.6. The number of halogens is 1. The molecule has 0 atom stereocenters. The van der Waals surface area contributed by atoms with Crippen LogP contribution in [0, 0.1) is 13.8 Å². The average Bonchev–Trinajstić information content (AvgIpc) is 2.59. The van der Waals surface area contributed by atoms with Crippen molar-refractivity contribution < 1.29 is 4.79 Å². The molecule has 0 bridgehead atoms. The zero-order chi connectivity index (χ0) is 17.8. The quantitative estimate of drug-likeness (QED) is 0.910. The number of carbonyl (C=O) groups is 1. The van der Waals surface area contributed by atoms with Crippen molar-refractivity contribution in [3.05, 3.63) is 58.4 Å². The molecule has 5 nitrogen and oxygen atoms in total. The fraction of sp³-hybridized carbons (Fsp3) is 0.368. The molecule has 1 saturated heterocycles. The van der Waals surface area contributed by atoms with Gasteiger partial charge in [0.15, 0.2) is 0 Å². The highest BCUT2D eigenvalue weighted by Gasteiger charge is 2.22. The Morgan fingerprint density at radius 2 is 1.84 bits per heavy atom. The van der Waals surface area contributed by atoms with Crippen LogP contribution in [-0.2, 0) is 6.54 Å². The lowest BCUT2D eigenvalue weighted by atomic mass is 10.1. The zero-order valence-electron chi connectivity index (χ0n) is 14.6. The molecule has 1 fully saturated rings. The molecule has 1 aromatic carbocycles. The van der Waals surface area contributed by atoms with Crippen molar-refractivity contribution in [1.29, 1.82) is 0 Å². The number of aryl methyl sites for hydroxylation is 2. The van der Waals surface area contributed by atoms with E-state index in [0.717, 1.165) is 30.8 Å². The van der Waals surface area contributed by atoms with Crippen molar-refractivity contribution in [2.24, 2.45) is 0 Å². The Morgan fingerprint density at radius 3 is 2.48 bits per heavy atom. The second-order valence-electron chi connectivity index (χ2n) is 6.49. The minimum Gasteiger partial charge on any atom is -0.322 e. The van der Waals surface area contributed by atoms with Gasteiger partial charge < -0.3 is 10.2 Å². The highest BCUT2D eigenvalue weighted by molar-refractivity contribution is 6.34. The summed E-state index contributed by atoms with van der Waals surface area (Å²) in [5, 5.41) is 3.55. The number of nitrogens with one attached hydrogen (secondary N) is 1. The van der Waals surface area contributed by atoms with Crippen LogP contribution in [0.15, 0.2) is 36.7 Å². The van der Waals surface area contributed by atoms with Crippen LogP contribution in [0.4, 0.5) is 10.5 Å². The van der Waals surface area contributed by atoms with Gasteiger partial charge in [-0.2, -0.15) is 0 Å². The summed E-state index contributed by atoms with van der Waals surface area (Å²) in [6, 6.07) is 7.87. The van der Waals surface area contributed by atoms with Crippen molar-refractivity contribution in [3.8, 4) is 0 Å². The van der Waals surface area contributed by atoms with E-state index >= 15 is 0 Å². The van der Waals surface area contributed by atoms with E-state index in [0.29, 0.717) is 23.8 Å². The summed E-state index contributed by atoms with van der Waals surface area (Å²) in [6.45, 7) is 7.97. The van der Waals surface area contributed by atoms with Crippen LogP contribution in [0.3, 0.4) is 0 Å². The molecule has 2 amide bonds. The van der Waals surface area contributed by atoms with E-state index in [4.69, 9.17) is 11.6 Å². The van der Waals surface area contributed by atoms with Gasteiger partial charge in [-0.15, -0.1) is 0 Å². The number of amides is 2. The van der Waals surface area contributed by atoms with Gasteiger partial charge >= 0.3 is 6.03 Å². The SMILES string of the molecule is Cc1cc(C)c(NC(=O)N2CCN(Cc3ccncc3)CC2)c(Cl)c1. The van der Waals surface area contributed by atoms with Crippen molar-refractivity contribution in [3.63, 3.8) is 0 Å². The number of anilines is 1. The minimum absolute atomic E-state index is 0.0857. The predicted molar refractivity (Wildman–Crippen MR) is 101 cm³/mol. The number of hydrogen-bond donors (Lipinski definition) is 1. The van der Waals surface area contributed by atoms with Crippen LogP contribution >= 0.6 is 11.6 Å². The second kappa shape index (κ2) is 7.85. The maximum Gasteiger partial charge on any atom is 0.321 e. The van der Waals surface area contributed by atoms with Gasteiger partial charge in [0.05, 0.1) is 10.7 Å². The maximum atomic E-state index is 12.6. The summed E-state index contributed by atoms with van der Waals surface area (Å²) in [6.07, 6.45) is 3.62. The van der Waals surface area contributed by atoms with Crippen molar-refractivity contribution in [1.82, 2.24) is 14.8 Å². The molecule has 3 rings (SSSR count). The first-order valence-electron chi connectivity index (χ1n) is 8.47. The van der Waals surface area contributed by atoms with Gasteiger partial charge in [0, 0.05) is 45.1 Å². The molecule has 1 aliphatic heterocycles. The third kappa shape index (κ3) is 4.50. The number of aromatic nitrogens is 1. The van der Waals surface area contributed by atoms with E-state index in [1.54, 1.807) is 0 Å². The Balaban J connectivity index is 1.55. The molecule has 0 radical (unpaired) electrons. The summed E-state index contributed by atoms with van der Waals surface area (Å²) >= 11 is 6.28. The van der Waals surface area contributed by atoms with E-state index in [-0.39, 0.29) is 6.03 Å². The number of benzene rings is 1. The molecule has 0 aliphatic carbocycles. The number of pyridine rings is 1. The summed E-state index contributed by atoms with van der Waals surface area (Å²) in [4.78, 5) is 20.8. The molecule has 1 aliphatic rings. The summed E-state index contributed by atoms with van der Waals surface area (Å²) in [5.41, 5.74) is 4.02. The first-order valence-corrected chi connectivity index (χ1v) is 8.84. The Morgan fingerprint density at radius 1 is 1.16 bits per heavy atom. The Labute approximate surface area is 153 Å². The molecule has 132 valence electrons. The number of carbonyl (C=O) groups excluding carboxylic acids is 1. The highest BCUT2D eigenvalue weighted by atomic mass is 35.5. The molecule has 6 heteroatoms. The summed E-state index contributed by atoms with van der Waals surface area (Å²) in [5.74, 6) is 0. The first kappa shape index (κ1) is 17.7. The molecule has 0 unspecified atom stereocenters. The predicted octanol–water partition coefficient (Wildman–Crippen LogP) is 3.70. The number of rotatable bonds is 3. The van der Waals surface area contributed by atoms with E-state index in [9.17, 15) is 4.79 Å². The van der Waals surface area contributed by atoms with Gasteiger partial charge in [0.2, 0.25) is 0 Å². The van der Waals surface area contributed by atoms with Crippen molar-refractivity contribution >= 4 is 23.3 Å². The van der Waals surface area contributed by atoms with E-state index in [2.05, 4.69) is 15.2 Å². The number of urea groups is 1. The average molecular weight is 359 g/mol. The first-order chi connectivity index (χ1) is 12.0. The van der Waals surface area contributed by atoms with Gasteiger partial charge in [-0.25, -0.2) is 4.79 Å². The van der Waals surface area contributed by atoms with Crippen LogP contribution in [-0.4, -0.2) is 47.0 Å². The zero-order valence-corrected chi connectivity index (χ0v) is 15.4. The van der Waals surface area contributed by atoms with Gasteiger partial charge in [-0.3, -0.25) is 9.88 Å². The van der Waals surface area contributed by atoms with E-state index < -0.39 is 0 Å². The Kier molecular flexibility index (Phi) is 5.56. The van der Waals surface area contributed by atoms with Crippen LogP contribution in [0.25, 0.3) is 0 Å². The lowest BCUT2D eigenvalue weighted by molar-refractivity contribution is 0.143. The third-order valence-corrected chi connectivity index (χ3v) is 4.78. The smallest absolute Gasteiger partial charge is 0.321 e. The molecule has 1 aromatic heterocycles. The van der Waals surface area contributed by atoms with Gasteiger partial charge in [0.1, 0.15) is 0 Å². The molecular weight excluding hydrogens is 336 g/mol. The van der Waals surface area contributed by atoms with Crippen molar-refractivity contribution in [2.75, 3.05) is 31.5 Å².